The van der Waals surface area contributed by atoms with Gasteiger partial charge in [0.2, 0.25) is 11.8 Å². The summed E-state index contributed by atoms with van der Waals surface area (Å²) in [7, 11) is -1.52. The van der Waals surface area contributed by atoms with Crippen LogP contribution < -0.4 is 19.1 Å². The van der Waals surface area contributed by atoms with Crippen molar-refractivity contribution in [3.8, 4) is 11.5 Å². The fourth-order valence-electron chi connectivity index (χ4n) is 5.56. The molecule has 0 bridgehead atoms. The minimum absolute atomic E-state index is 0.00662. The minimum Gasteiger partial charge on any atom is -0.493 e. The Kier molecular flexibility index (Phi) is 12.5. The molecule has 1 fully saturated rings. The average molecular weight is 711 g/mol. The molecule has 4 rings (SSSR count). The van der Waals surface area contributed by atoms with Crippen LogP contribution in [0.1, 0.15) is 51.0 Å². The molecule has 3 aromatic rings. The molecular formula is C33H38Cl3N3O6S. The number of amides is 2. The fourth-order valence-corrected chi connectivity index (χ4v) is 7.63. The van der Waals surface area contributed by atoms with Gasteiger partial charge in [-0.25, -0.2) is 8.42 Å². The van der Waals surface area contributed by atoms with Crippen LogP contribution in [0.4, 0.5) is 5.69 Å². The zero-order valence-corrected chi connectivity index (χ0v) is 29.1. The van der Waals surface area contributed by atoms with E-state index in [0.717, 1.165) is 36.4 Å². The molecule has 3 aromatic carbocycles. The van der Waals surface area contributed by atoms with Gasteiger partial charge in [0, 0.05) is 39.3 Å². The van der Waals surface area contributed by atoms with Crippen LogP contribution in [-0.4, -0.2) is 58.0 Å². The number of methoxy groups -OCH3 is 2. The summed E-state index contributed by atoms with van der Waals surface area (Å²) in [5.41, 5.74) is 0.645. The van der Waals surface area contributed by atoms with E-state index in [4.69, 9.17) is 44.3 Å². The SMILES string of the molecule is CCC(C(=O)NC1CCCCC1)N(Cc1c(Cl)cccc1Cl)C(=O)CN(c1ccc(Cl)cc1)S(=O)(=O)c1ccc(OC)c(OC)c1. The molecule has 1 N–H and O–H groups in total. The summed E-state index contributed by atoms with van der Waals surface area (Å²) in [5, 5.41) is 4.15. The van der Waals surface area contributed by atoms with E-state index in [2.05, 4.69) is 5.32 Å². The Balaban J connectivity index is 1.76. The first kappa shape index (κ1) is 35.7. The van der Waals surface area contributed by atoms with Crippen molar-refractivity contribution < 1.29 is 27.5 Å². The van der Waals surface area contributed by atoms with Crippen molar-refractivity contribution in [2.75, 3.05) is 25.1 Å². The summed E-state index contributed by atoms with van der Waals surface area (Å²) in [6.45, 7) is 1.06. The lowest BCUT2D eigenvalue weighted by Crippen LogP contribution is -2.54. The van der Waals surface area contributed by atoms with Gasteiger partial charge in [-0.15, -0.1) is 0 Å². The number of sulfonamides is 1. The minimum atomic E-state index is -4.36. The van der Waals surface area contributed by atoms with Crippen LogP contribution in [0.2, 0.25) is 15.1 Å². The van der Waals surface area contributed by atoms with Crippen LogP contribution in [0.15, 0.2) is 65.6 Å². The lowest BCUT2D eigenvalue weighted by molar-refractivity contribution is -0.140. The Morgan fingerprint density at radius 3 is 2.13 bits per heavy atom. The number of carbonyl (C=O) groups is 2. The molecule has 46 heavy (non-hydrogen) atoms. The Morgan fingerprint density at radius 1 is 0.913 bits per heavy atom. The maximum atomic E-state index is 14.4. The van der Waals surface area contributed by atoms with Crippen molar-refractivity contribution in [3.05, 3.63) is 81.3 Å². The Labute approximate surface area is 285 Å². The van der Waals surface area contributed by atoms with Crippen molar-refractivity contribution in [2.24, 2.45) is 0 Å². The van der Waals surface area contributed by atoms with Gasteiger partial charge in [0.25, 0.3) is 10.0 Å². The van der Waals surface area contributed by atoms with Gasteiger partial charge in [0.15, 0.2) is 11.5 Å². The fraction of sp³-hybridized carbons (Fsp3) is 0.394. The normalized spacial score (nSPS) is 14.3. The number of rotatable bonds is 13. The molecule has 13 heteroatoms. The van der Waals surface area contributed by atoms with E-state index >= 15 is 0 Å². The van der Waals surface area contributed by atoms with Crippen LogP contribution in [0.3, 0.4) is 0 Å². The topological polar surface area (TPSA) is 105 Å². The molecule has 1 atom stereocenters. The van der Waals surface area contributed by atoms with Crippen molar-refractivity contribution in [1.82, 2.24) is 10.2 Å². The molecule has 0 heterocycles. The first-order chi connectivity index (χ1) is 22.0. The predicted molar refractivity (Wildman–Crippen MR) is 182 cm³/mol. The van der Waals surface area contributed by atoms with E-state index < -0.39 is 28.5 Å². The van der Waals surface area contributed by atoms with E-state index in [1.807, 2.05) is 0 Å². The Bertz CT molecular complexity index is 1610. The molecule has 1 saturated carbocycles. The van der Waals surface area contributed by atoms with Crippen molar-refractivity contribution in [2.45, 2.75) is 69.0 Å². The lowest BCUT2D eigenvalue weighted by atomic mass is 9.95. The zero-order chi connectivity index (χ0) is 33.4. The molecule has 1 unspecified atom stereocenters. The highest BCUT2D eigenvalue weighted by Crippen LogP contribution is 2.33. The van der Waals surface area contributed by atoms with E-state index in [1.165, 1.54) is 61.6 Å². The Morgan fingerprint density at radius 2 is 1.54 bits per heavy atom. The summed E-state index contributed by atoms with van der Waals surface area (Å²) in [4.78, 5) is 29.4. The van der Waals surface area contributed by atoms with Gasteiger partial charge < -0.3 is 19.7 Å². The first-order valence-electron chi connectivity index (χ1n) is 15.0. The third kappa shape index (κ3) is 8.39. The highest BCUT2D eigenvalue weighted by Gasteiger charge is 2.35. The number of ether oxygens (including phenoxy) is 2. The van der Waals surface area contributed by atoms with E-state index in [1.54, 1.807) is 25.1 Å². The van der Waals surface area contributed by atoms with E-state index in [9.17, 15) is 18.0 Å². The number of benzene rings is 3. The van der Waals surface area contributed by atoms with Gasteiger partial charge in [-0.05, 0) is 67.8 Å². The molecule has 1 aliphatic carbocycles. The quantitative estimate of drug-likeness (QED) is 0.203. The van der Waals surface area contributed by atoms with Crippen molar-refractivity contribution in [3.63, 3.8) is 0 Å². The molecule has 0 aromatic heterocycles. The highest BCUT2D eigenvalue weighted by molar-refractivity contribution is 7.92. The number of nitrogens with one attached hydrogen (secondary N) is 1. The maximum Gasteiger partial charge on any atom is 0.264 e. The lowest BCUT2D eigenvalue weighted by Gasteiger charge is -2.34. The second-order valence-corrected chi connectivity index (χ2v) is 14.1. The summed E-state index contributed by atoms with van der Waals surface area (Å²) in [6.07, 6.45) is 5.15. The molecule has 1 aliphatic rings. The molecule has 248 valence electrons. The summed E-state index contributed by atoms with van der Waals surface area (Å²) in [5.74, 6) is -0.396. The maximum absolute atomic E-state index is 14.4. The Hall–Kier alpha value is -3.18. The molecule has 0 aliphatic heterocycles. The first-order valence-corrected chi connectivity index (χ1v) is 17.6. The van der Waals surface area contributed by atoms with Gasteiger partial charge >= 0.3 is 0 Å². The van der Waals surface area contributed by atoms with Crippen LogP contribution in [0.25, 0.3) is 0 Å². The molecule has 0 spiro atoms. The van der Waals surface area contributed by atoms with E-state index in [0.29, 0.717) is 26.4 Å². The molecular weight excluding hydrogens is 673 g/mol. The van der Waals surface area contributed by atoms with Crippen molar-refractivity contribution >= 4 is 62.3 Å². The standard InChI is InChI=1S/C33H38Cl3N3O6S/c1-4-29(33(41)37-23-9-6-5-7-10-23)38(20-26-27(35)11-8-12-28(26)36)32(40)21-39(24-15-13-22(34)14-16-24)46(42,43)25-17-18-30(44-2)31(19-25)45-3/h8,11-19,23,29H,4-7,9-10,20-21H2,1-3H3,(H,37,41). The molecule has 9 nitrogen and oxygen atoms in total. The van der Waals surface area contributed by atoms with Gasteiger partial charge in [-0.1, -0.05) is 67.1 Å². The average Bonchev–Trinajstić information content (AvgIpc) is 3.05. The zero-order valence-electron chi connectivity index (χ0n) is 26.0. The summed E-state index contributed by atoms with van der Waals surface area (Å²) >= 11 is 19.2. The number of halogens is 3. The number of anilines is 1. The molecule has 2 amide bonds. The largest absolute Gasteiger partial charge is 0.493 e. The van der Waals surface area contributed by atoms with Gasteiger partial charge in [0.05, 0.1) is 24.8 Å². The van der Waals surface area contributed by atoms with Crippen LogP contribution in [-0.2, 0) is 26.2 Å². The number of hydrogen-bond donors (Lipinski definition) is 1. The summed E-state index contributed by atoms with van der Waals surface area (Å²) < 4.78 is 40.1. The number of hydrogen-bond acceptors (Lipinski definition) is 6. The van der Waals surface area contributed by atoms with Crippen LogP contribution >= 0.6 is 34.8 Å². The van der Waals surface area contributed by atoms with Gasteiger partial charge in [-0.3, -0.25) is 13.9 Å². The smallest absolute Gasteiger partial charge is 0.264 e. The summed E-state index contributed by atoms with van der Waals surface area (Å²) in [6, 6.07) is 14.3. The predicted octanol–water partition coefficient (Wildman–Crippen LogP) is 7.12. The van der Waals surface area contributed by atoms with Gasteiger partial charge in [-0.2, -0.15) is 0 Å². The van der Waals surface area contributed by atoms with E-state index in [-0.39, 0.29) is 41.2 Å². The third-order valence-corrected chi connectivity index (χ3v) is 10.8. The molecule has 0 radical (unpaired) electrons. The van der Waals surface area contributed by atoms with Gasteiger partial charge in [0.1, 0.15) is 12.6 Å². The second kappa shape index (κ2) is 16.1. The van der Waals surface area contributed by atoms with Crippen LogP contribution in [0.5, 0.6) is 11.5 Å². The second-order valence-electron chi connectivity index (χ2n) is 11.0. The van der Waals surface area contributed by atoms with Crippen molar-refractivity contribution in [1.29, 1.82) is 0 Å². The highest BCUT2D eigenvalue weighted by atomic mass is 35.5. The molecule has 0 saturated heterocycles. The van der Waals surface area contributed by atoms with Crippen LogP contribution in [0, 0.1) is 0 Å². The number of carbonyl (C=O) groups excluding carboxylic acids is 2. The number of nitrogens with zero attached hydrogens (tertiary/aromatic N) is 2. The third-order valence-electron chi connectivity index (χ3n) is 8.06. The monoisotopic (exact) mass is 709 g/mol.